The fourth-order valence-electron chi connectivity index (χ4n) is 1.35. The van der Waals surface area contributed by atoms with Gasteiger partial charge in [0.1, 0.15) is 0 Å². The van der Waals surface area contributed by atoms with Crippen molar-refractivity contribution in [3.63, 3.8) is 0 Å². The summed E-state index contributed by atoms with van der Waals surface area (Å²) in [6, 6.07) is 2.11. The van der Waals surface area contributed by atoms with E-state index in [-0.39, 0.29) is 0 Å². The maximum atomic E-state index is 4.06. The molecule has 1 saturated carbocycles. The Bertz CT molecular complexity index is 274. The zero-order valence-corrected chi connectivity index (χ0v) is 6.46. The van der Waals surface area contributed by atoms with Gasteiger partial charge in [0, 0.05) is 12.4 Å². The minimum atomic E-state index is 0.797. The standard InChI is InChI=1S/C10H11N/c1-2-8-7-11-6-5-10(8)9-3-4-9/h2,5-7,9H,1,3-4H2. The van der Waals surface area contributed by atoms with Crippen molar-refractivity contribution in [2.24, 2.45) is 0 Å². The summed E-state index contributed by atoms with van der Waals surface area (Å²) in [5.41, 5.74) is 2.63. The molecule has 1 heterocycles. The van der Waals surface area contributed by atoms with E-state index in [4.69, 9.17) is 0 Å². The third-order valence-electron chi connectivity index (χ3n) is 2.12. The van der Waals surface area contributed by atoms with Gasteiger partial charge in [0.05, 0.1) is 0 Å². The third-order valence-corrected chi connectivity index (χ3v) is 2.12. The zero-order valence-electron chi connectivity index (χ0n) is 6.46. The first-order valence-corrected chi connectivity index (χ1v) is 3.98. The normalized spacial score (nSPS) is 16.4. The van der Waals surface area contributed by atoms with Crippen molar-refractivity contribution in [2.45, 2.75) is 18.8 Å². The number of nitrogens with zero attached hydrogens (tertiary/aromatic N) is 1. The summed E-state index contributed by atoms with van der Waals surface area (Å²) < 4.78 is 0. The van der Waals surface area contributed by atoms with Gasteiger partial charge < -0.3 is 0 Å². The molecule has 0 N–H and O–H groups in total. The molecule has 1 aromatic rings. The summed E-state index contributed by atoms with van der Waals surface area (Å²) in [5, 5.41) is 0. The summed E-state index contributed by atoms with van der Waals surface area (Å²) in [6.07, 6.45) is 8.32. The van der Waals surface area contributed by atoms with Crippen LogP contribution in [0.4, 0.5) is 0 Å². The Hall–Kier alpha value is -1.11. The summed E-state index contributed by atoms with van der Waals surface area (Å²) in [7, 11) is 0. The van der Waals surface area contributed by atoms with Crippen LogP contribution in [0.2, 0.25) is 0 Å². The van der Waals surface area contributed by atoms with Crippen LogP contribution in [0, 0.1) is 0 Å². The van der Waals surface area contributed by atoms with Crippen LogP contribution in [0.1, 0.15) is 29.9 Å². The first-order valence-electron chi connectivity index (χ1n) is 3.98. The molecule has 0 amide bonds. The van der Waals surface area contributed by atoms with Gasteiger partial charge in [0.25, 0.3) is 0 Å². The molecule has 0 spiro atoms. The number of aromatic nitrogens is 1. The van der Waals surface area contributed by atoms with Crippen LogP contribution in [0.25, 0.3) is 6.08 Å². The Morgan fingerprint density at radius 1 is 1.55 bits per heavy atom. The molecule has 1 aliphatic carbocycles. The van der Waals surface area contributed by atoms with Gasteiger partial charge in [-0.1, -0.05) is 12.7 Å². The van der Waals surface area contributed by atoms with Crippen molar-refractivity contribution >= 4 is 6.08 Å². The first kappa shape index (κ1) is 6.59. The topological polar surface area (TPSA) is 12.9 Å². The Kier molecular flexibility index (Phi) is 1.50. The van der Waals surface area contributed by atoms with Crippen molar-refractivity contribution in [1.82, 2.24) is 4.98 Å². The van der Waals surface area contributed by atoms with Crippen molar-refractivity contribution in [1.29, 1.82) is 0 Å². The molecule has 0 unspecified atom stereocenters. The Balaban J connectivity index is 2.42. The lowest BCUT2D eigenvalue weighted by atomic mass is 10.1. The van der Waals surface area contributed by atoms with Gasteiger partial charge in [-0.2, -0.15) is 0 Å². The van der Waals surface area contributed by atoms with Crippen molar-refractivity contribution < 1.29 is 0 Å². The Morgan fingerprint density at radius 3 is 3.00 bits per heavy atom. The van der Waals surface area contributed by atoms with E-state index in [0.717, 1.165) is 5.92 Å². The molecular formula is C10H11N. The van der Waals surface area contributed by atoms with Gasteiger partial charge in [-0.3, -0.25) is 4.98 Å². The quantitative estimate of drug-likeness (QED) is 0.623. The molecule has 56 valence electrons. The van der Waals surface area contributed by atoms with Crippen molar-refractivity contribution in [3.05, 3.63) is 36.2 Å². The SMILES string of the molecule is C=Cc1cnccc1C1CC1. The minimum absolute atomic E-state index is 0.797. The highest BCUT2D eigenvalue weighted by Gasteiger charge is 2.24. The van der Waals surface area contributed by atoms with Crippen LogP contribution < -0.4 is 0 Å². The van der Waals surface area contributed by atoms with E-state index in [9.17, 15) is 0 Å². The van der Waals surface area contributed by atoms with E-state index in [1.807, 2.05) is 18.5 Å². The highest BCUT2D eigenvalue weighted by molar-refractivity contribution is 5.52. The molecule has 0 aliphatic heterocycles. The molecule has 1 aromatic heterocycles. The molecule has 0 aromatic carbocycles. The van der Waals surface area contributed by atoms with Crippen LogP contribution in [-0.4, -0.2) is 4.98 Å². The van der Waals surface area contributed by atoms with Gasteiger partial charge in [0.2, 0.25) is 0 Å². The number of rotatable bonds is 2. The average Bonchev–Trinajstić information content (AvgIpc) is 2.87. The Labute approximate surface area is 66.8 Å². The number of hydrogen-bond acceptors (Lipinski definition) is 1. The second kappa shape index (κ2) is 2.50. The van der Waals surface area contributed by atoms with Crippen LogP contribution in [-0.2, 0) is 0 Å². The summed E-state index contributed by atoms with van der Waals surface area (Å²) in [5.74, 6) is 0.797. The van der Waals surface area contributed by atoms with Gasteiger partial charge in [0.15, 0.2) is 0 Å². The molecule has 11 heavy (non-hydrogen) atoms. The van der Waals surface area contributed by atoms with Gasteiger partial charge >= 0.3 is 0 Å². The second-order valence-corrected chi connectivity index (χ2v) is 2.98. The van der Waals surface area contributed by atoms with Crippen molar-refractivity contribution in [2.75, 3.05) is 0 Å². The minimum Gasteiger partial charge on any atom is -0.264 e. The second-order valence-electron chi connectivity index (χ2n) is 2.98. The monoisotopic (exact) mass is 145 g/mol. The highest BCUT2D eigenvalue weighted by atomic mass is 14.6. The molecule has 0 radical (unpaired) electrons. The van der Waals surface area contributed by atoms with E-state index in [0.29, 0.717) is 0 Å². The molecule has 1 aliphatic rings. The van der Waals surface area contributed by atoms with Gasteiger partial charge in [-0.15, -0.1) is 0 Å². The molecule has 0 atom stereocenters. The largest absolute Gasteiger partial charge is 0.264 e. The zero-order chi connectivity index (χ0) is 7.68. The van der Waals surface area contributed by atoms with Gasteiger partial charge in [-0.05, 0) is 36.0 Å². The lowest BCUT2D eigenvalue weighted by molar-refractivity contribution is 1.10. The fourth-order valence-corrected chi connectivity index (χ4v) is 1.35. The van der Waals surface area contributed by atoms with Crippen LogP contribution >= 0.6 is 0 Å². The summed E-state index contributed by atoms with van der Waals surface area (Å²) in [4.78, 5) is 4.06. The van der Waals surface area contributed by atoms with E-state index < -0.39 is 0 Å². The van der Waals surface area contributed by atoms with Crippen LogP contribution in [0.5, 0.6) is 0 Å². The van der Waals surface area contributed by atoms with E-state index >= 15 is 0 Å². The summed E-state index contributed by atoms with van der Waals surface area (Å²) >= 11 is 0. The molecule has 1 nitrogen and oxygen atoms in total. The van der Waals surface area contributed by atoms with E-state index in [1.54, 1.807) is 0 Å². The van der Waals surface area contributed by atoms with Crippen molar-refractivity contribution in [3.8, 4) is 0 Å². The third kappa shape index (κ3) is 1.18. The molecule has 0 saturated heterocycles. The molecule has 1 heteroatoms. The predicted octanol–water partition coefficient (Wildman–Crippen LogP) is 2.60. The lowest BCUT2D eigenvalue weighted by Crippen LogP contribution is -1.85. The number of hydrogen-bond donors (Lipinski definition) is 0. The Morgan fingerprint density at radius 2 is 2.36 bits per heavy atom. The van der Waals surface area contributed by atoms with E-state index in [1.165, 1.54) is 24.0 Å². The van der Waals surface area contributed by atoms with E-state index in [2.05, 4.69) is 17.6 Å². The molecule has 2 rings (SSSR count). The van der Waals surface area contributed by atoms with Crippen LogP contribution in [0.15, 0.2) is 25.0 Å². The maximum Gasteiger partial charge on any atom is 0.0342 e. The molecule has 0 bridgehead atoms. The number of pyridine rings is 1. The fraction of sp³-hybridized carbons (Fsp3) is 0.300. The maximum absolute atomic E-state index is 4.06. The predicted molar refractivity (Wildman–Crippen MR) is 46.3 cm³/mol. The van der Waals surface area contributed by atoms with Gasteiger partial charge in [-0.25, -0.2) is 0 Å². The smallest absolute Gasteiger partial charge is 0.0342 e. The first-order chi connectivity index (χ1) is 5.42. The summed E-state index contributed by atoms with van der Waals surface area (Å²) in [6.45, 7) is 3.76. The van der Waals surface area contributed by atoms with Crippen LogP contribution in [0.3, 0.4) is 0 Å². The highest BCUT2D eigenvalue weighted by Crippen LogP contribution is 2.41. The molecular weight excluding hydrogens is 134 g/mol. The molecule has 1 fully saturated rings. The lowest BCUT2D eigenvalue weighted by Gasteiger charge is -2.00. The average molecular weight is 145 g/mol.